The fourth-order valence-electron chi connectivity index (χ4n) is 1.88. The number of alkyl carbamates (subject to hydrolysis) is 1. The maximum atomic E-state index is 11.5. The van der Waals surface area contributed by atoms with Crippen molar-refractivity contribution in [3.63, 3.8) is 0 Å². The number of ether oxygens (including phenoxy) is 1. The first kappa shape index (κ1) is 15.8. The Labute approximate surface area is 128 Å². The first-order chi connectivity index (χ1) is 10.5. The Bertz CT molecular complexity index is 667. The standard InChI is InChI=1S/C15H19N3O4/c1-4-7-21-15(20)16-8-11-9(2)18-22-14(11)12-5-6-13(19)10(3)17-12/h5-6,19H,4,7-8H2,1-3H3,(H,16,20). The van der Waals surface area contributed by atoms with Gasteiger partial charge in [0, 0.05) is 5.56 Å². The largest absolute Gasteiger partial charge is 0.506 e. The van der Waals surface area contributed by atoms with Crippen LogP contribution in [0.25, 0.3) is 11.5 Å². The Morgan fingerprint density at radius 3 is 2.82 bits per heavy atom. The topological polar surface area (TPSA) is 97.5 Å². The van der Waals surface area contributed by atoms with Crippen LogP contribution in [-0.2, 0) is 11.3 Å². The molecule has 0 aliphatic carbocycles. The van der Waals surface area contributed by atoms with E-state index in [9.17, 15) is 9.90 Å². The van der Waals surface area contributed by atoms with Crippen LogP contribution in [0.1, 0.15) is 30.3 Å². The van der Waals surface area contributed by atoms with Gasteiger partial charge in [-0.1, -0.05) is 12.1 Å². The Balaban J connectivity index is 2.17. The van der Waals surface area contributed by atoms with Gasteiger partial charge in [0.1, 0.15) is 11.4 Å². The number of aromatic hydroxyl groups is 1. The molecule has 0 spiro atoms. The molecule has 2 N–H and O–H groups in total. The normalized spacial score (nSPS) is 10.5. The molecular formula is C15H19N3O4. The fourth-order valence-corrected chi connectivity index (χ4v) is 1.88. The summed E-state index contributed by atoms with van der Waals surface area (Å²) in [5.41, 5.74) is 2.44. The molecule has 0 saturated carbocycles. The molecule has 0 aliphatic heterocycles. The van der Waals surface area contributed by atoms with Crippen molar-refractivity contribution >= 4 is 6.09 Å². The first-order valence-electron chi connectivity index (χ1n) is 7.05. The third kappa shape index (κ3) is 3.55. The van der Waals surface area contributed by atoms with Crippen molar-refractivity contribution in [1.29, 1.82) is 0 Å². The summed E-state index contributed by atoms with van der Waals surface area (Å²) in [6.45, 7) is 6.01. The Hall–Kier alpha value is -2.57. The summed E-state index contributed by atoms with van der Waals surface area (Å²) >= 11 is 0. The van der Waals surface area contributed by atoms with Gasteiger partial charge in [0.15, 0.2) is 5.76 Å². The van der Waals surface area contributed by atoms with Crippen LogP contribution in [0.4, 0.5) is 4.79 Å². The van der Waals surface area contributed by atoms with Crippen molar-refractivity contribution in [3.8, 4) is 17.2 Å². The van der Waals surface area contributed by atoms with E-state index in [1.165, 1.54) is 0 Å². The SMILES string of the molecule is CCCOC(=O)NCc1c(C)noc1-c1ccc(O)c(C)n1. The van der Waals surface area contributed by atoms with Crippen LogP contribution in [0.3, 0.4) is 0 Å². The smallest absolute Gasteiger partial charge is 0.407 e. The second kappa shape index (κ2) is 6.93. The monoisotopic (exact) mass is 305 g/mol. The highest BCUT2D eigenvalue weighted by molar-refractivity contribution is 5.68. The zero-order valence-corrected chi connectivity index (χ0v) is 12.8. The Morgan fingerprint density at radius 2 is 2.14 bits per heavy atom. The summed E-state index contributed by atoms with van der Waals surface area (Å²) in [5, 5.41) is 16.1. The van der Waals surface area contributed by atoms with Crippen LogP contribution in [0, 0.1) is 13.8 Å². The lowest BCUT2D eigenvalue weighted by Crippen LogP contribution is -2.24. The summed E-state index contributed by atoms with van der Waals surface area (Å²) in [7, 11) is 0. The summed E-state index contributed by atoms with van der Waals surface area (Å²) in [5.74, 6) is 0.583. The third-order valence-electron chi connectivity index (χ3n) is 3.12. The predicted octanol–water partition coefficient (Wildman–Crippen LogP) is 2.70. The second-order valence-electron chi connectivity index (χ2n) is 4.87. The average Bonchev–Trinajstić information content (AvgIpc) is 2.87. The van der Waals surface area contributed by atoms with Crippen LogP contribution >= 0.6 is 0 Å². The first-order valence-corrected chi connectivity index (χ1v) is 7.05. The van der Waals surface area contributed by atoms with E-state index in [4.69, 9.17) is 9.26 Å². The van der Waals surface area contributed by atoms with Crippen molar-refractivity contribution in [2.45, 2.75) is 33.7 Å². The molecular weight excluding hydrogens is 286 g/mol. The molecule has 1 amide bonds. The summed E-state index contributed by atoms with van der Waals surface area (Å²) < 4.78 is 10.3. The molecule has 118 valence electrons. The maximum Gasteiger partial charge on any atom is 0.407 e. The number of nitrogens with zero attached hydrogens (tertiary/aromatic N) is 2. The number of carbonyl (C=O) groups is 1. The van der Waals surface area contributed by atoms with E-state index < -0.39 is 6.09 Å². The number of pyridine rings is 1. The lowest BCUT2D eigenvalue weighted by atomic mass is 10.1. The molecule has 0 aliphatic rings. The van der Waals surface area contributed by atoms with Gasteiger partial charge in [0.05, 0.1) is 24.5 Å². The van der Waals surface area contributed by atoms with E-state index in [-0.39, 0.29) is 12.3 Å². The lowest BCUT2D eigenvalue weighted by Gasteiger charge is -2.07. The molecule has 2 heterocycles. The second-order valence-corrected chi connectivity index (χ2v) is 4.87. The van der Waals surface area contributed by atoms with E-state index >= 15 is 0 Å². The number of carbonyl (C=O) groups excluding carboxylic acids is 1. The Morgan fingerprint density at radius 1 is 1.36 bits per heavy atom. The van der Waals surface area contributed by atoms with Crippen LogP contribution in [0.15, 0.2) is 16.7 Å². The highest BCUT2D eigenvalue weighted by Gasteiger charge is 2.17. The fraction of sp³-hybridized carbons (Fsp3) is 0.400. The van der Waals surface area contributed by atoms with Crippen molar-refractivity contribution in [1.82, 2.24) is 15.5 Å². The van der Waals surface area contributed by atoms with Gasteiger partial charge in [-0.2, -0.15) is 0 Å². The number of rotatable bonds is 5. The van der Waals surface area contributed by atoms with Crippen molar-refractivity contribution in [2.75, 3.05) is 6.61 Å². The minimum atomic E-state index is -0.483. The Kier molecular flexibility index (Phi) is 4.98. The van der Waals surface area contributed by atoms with Gasteiger partial charge >= 0.3 is 6.09 Å². The molecule has 2 aromatic rings. The van der Waals surface area contributed by atoms with Crippen molar-refractivity contribution < 1.29 is 19.2 Å². The van der Waals surface area contributed by atoms with Gasteiger partial charge in [0.2, 0.25) is 0 Å². The summed E-state index contributed by atoms with van der Waals surface area (Å²) in [6.07, 6.45) is 0.282. The quantitative estimate of drug-likeness (QED) is 0.881. The molecule has 2 aromatic heterocycles. The van der Waals surface area contributed by atoms with Crippen LogP contribution in [0.2, 0.25) is 0 Å². The molecule has 0 saturated heterocycles. The highest BCUT2D eigenvalue weighted by Crippen LogP contribution is 2.27. The number of aryl methyl sites for hydroxylation is 2. The zero-order valence-electron chi connectivity index (χ0n) is 12.8. The molecule has 0 fully saturated rings. The lowest BCUT2D eigenvalue weighted by molar-refractivity contribution is 0.146. The van der Waals surface area contributed by atoms with E-state index in [1.54, 1.807) is 26.0 Å². The molecule has 7 nitrogen and oxygen atoms in total. The number of nitrogens with one attached hydrogen (secondary N) is 1. The number of aromatic nitrogens is 2. The van der Waals surface area contributed by atoms with E-state index in [1.807, 2.05) is 6.92 Å². The number of hydrogen-bond donors (Lipinski definition) is 2. The average molecular weight is 305 g/mol. The molecule has 2 rings (SSSR count). The summed E-state index contributed by atoms with van der Waals surface area (Å²) in [4.78, 5) is 15.8. The maximum absolute atomic E-state index is 11.5. The van der Waals surface area contributed by atoms with E-state index in [0.717, 1.165) is 12.0 Å². The molecule has 22 heavy (non-hydrogen) atoms. The van der Waals surface area contributed by atoms with Crippen molar-refractivity contribution in [2.24, 2.45) is 0 Å². The molecule has 0 aromatic carbocycles. The van der Waals surface area contributed by atoms with Gasteiger partial charge in [-0.15, -0.1) is 0 Å². The minimum absolute atomic E-state index is 0.114. The molecule has 0 unspecified atom stereocenters. The van der Waals surface area contributed by atoms with Crippen LogP contribution in [-0.4, -0.2) is 27.9 Å². The van der Waals surface area contributed by atoms with Gasteiger partial charge in [-0.25, -0.2) is 9.78 Å². The van der Waals surface area contributed by atoms with Gasteiger partial charge in [0.25, 0.3) is 0 Å². The van der Waals surface area contributed by atoms with Crippen LogP contribution in [0.5, 0.6) is 5.75 Å². The summed E-state index contributed by atoms with van der Waals surface area (Å²) in [6, 6.07) is 3.18. The van der Waals surface area contributed by atoms with E-state index in [2.05, 4.69) is 15.5 Å². The molecule has 0 bridgehead atoms. The minimum Gasteiger partial charge on any atom is -0.506 e. The highest BCUT2D eigenvalue weighted by atomic mass is 16.5. The number of amides is 1. The molecule has 0 radical (unpaired) electrons. The van der Waals surface area contributed by atoms with Gasteiger partial charge in [-0.3, -0.25) is 0 Å². The van der Waals surface area contributed by atoms with Gasteiger partial charge in [-0.05, 0) is 32.4 Å². The van der Waals surface area contributed by atoms with Gasteiger partial charge < -0.3 is 19.7 Å². The third-order valence-corrected chi connectivity index (χ3v) is 3.12. The molecule has 7 heteroatoms. The predicted molar refractivity (Wildman–Crippen MR) is 79.4 cm³/mol. The molecule has 0 atom stereocenters. The zero-order chi connectivity index (χ0) is 16.1. The van der Waals surface area contributed by atoms with Crippen LogP contribution < -0.4 is 5.32 Å². The number of hydrogen-bond acceptors (Lipinski definition) is 6. The van der Waals surface area contributed by atoms with Crippen molar-refractivity contribution in [3.05, 3.63) is 29.1 Å². The van der Waals surface area contributed by atoms with E-state index in [0.29, 0.717) is 29.4 Å².